The molecule has 1 saturated heterocycles. The Hall–Kier alpha value is -0.120. The van der Waals surface area contributed by atoms with Crippen molar-refractivity contribution >= 4 is 0 Å². The lowest BCUT2D eigenvalue weighted by molar-refractivity contribution is -0.0537. The van der Waals surface area contributed by atoms with Gasteiger partial charge >= 0.3 is 0 Å². The van der Waals surface area contributed by atoms with Crippen molar-refractivity contribution in [2.24, 2.45) is 5.92 Å². The first kappa shape index (κ1) is 12.9. The van der Waals surface area contributed by atoms with Crippen molar-refractivity contribution in [1.82, 2.24) is 4.90 Å². The van der Waals surface area contributed by atoms with E-state index in [1.807, 2.05) is 20.8 Å². The first-order chi connectivity index (χ1) is 6.87. The van der Waals surface area contributed by atoms with Crippen LogP contribution in [0.1, 0.15) is 33.6 Å². The van der Waals surface area contributed by atoms with Gasteiger partial charge in [0.05, 0.1) is 18.3 Å². The van der Waals surface area contributed by atoms with Crippen molar-refractivity contribution in [3.63, 3.8) is 0 Å². The molecule has 0 aliphatic carbocycles. The molecule has 0 spiro atoms. The van der Waals surface area contributed by atoms with E-state index in [9.17, 15) is 5.11 Å². The van der Waals surface area contributed by atoms with Gasteiger partial charge in [0.25, 0.3) is 0 Å². The Morgan fingerprint density at radius 2 is 2.13 bits per heavy atom. The fraction of sp³-hybridized carbons (Fsp3) is 1.00. The molecule has 1 rings (SSSR count). The van der Waals surface area contributed by atoms with Crippen LogP contribution in [0.4, 0.5) is 0 Å². The fourth-order valence-electron chi connectivity index (χ4n) is 2.02. The molecule has 15 heavy (non-hydrogen) atoms. The monoisotopic (exact) mass is 215 g/mol. The Kier molecular flexibility index (Phi) is 4.56. The lowest BCUT2D eigenvalue weighted by Gasteiger charge is -2.23. The molecule has 90 valence electrons. The summed E-state index contributed by atoms with van der Waals surface area (Å²) in [7, 11) is 2.14. The zero-order valence-electron chi connectivity index (χ0n) is 10.5. The molecule has 0 bridgehead atoms. The molecule has 3 nitrogen and oxygen atoms in total. The van der Waals surface area contributed by atoms with Crippen molar-refractivity contribution < 1.29 is 9.84 Å². The smallest absolute Gasteiger partial charge is 0.0777 e. The predicted molar refractivity (Wildman–Crippen MR) is 61.9 cm³/mol. The summed E-state index contributed by atoms with van der Waals surface area (Å²) in [6, 6.07) is 0. The first-order valence-electron chi connectivity index (χ1n) is 5.87. The van der Waals surface area contributed by atoms with E-state index in [1.54, 1.807) is 0 Å². The van der Waals surface area contributed by atoms with E-state index in [-0.39, 0.29) is 11.7 Å². The number of aliphatic hydroxyl groups excluding tert-OH is 1. The van der Waals surface area contributed by atoms with Crippen LogP contribution in [0.25, 0.3) is 0 Å². The molecule has 1 aliphatic heterocycles. The molecule has 1 heterocycles. The molecule has 1 fully saturated rings. The van der Waals surface area contributed by atoms with Gasteiger partial charge in [-0.25, -0.2) is 0 Å². The van der Waals surface area contributed by atoms with Crippen LogP contribution >= 0.6 is 0 Å². The van der Waals surface area contributed by atoms with E-state index in [2.05, 4.69) is 11.9 Å². The normalized spacial score (nSPS) is 25.8. The third kappa shape index (κ3) is 5.50. The molecule has 1 aliphatic rings. The average molecular weight is 215 g/mol. The number of hydrogen-bond acceptors (Lipinski definition) is 3. The lowest BCUT2D eigenvalue weighted by atomic mass is 10.0. The largest absolute Gasteiger partial charge is 0.391 e. The molecule has 0 aromatic heterocycles. The minimum atomic E-state index is -0.305. The highest BCUT2D eigenvalue weighted by molar-refractivity contribution is 4.75. The Labute approximate surface area is 93.4 Å². The Balaban J connectivity index is 2.16. The van der Waals surface area contributed by atoms with Crippen molar-refractivity contribution in [1.29, 1.82) is 0 Å². The number of ether oxygens (including phenoxy) is 1. The third-order valence-corrected chi connectivity index (χ3v) is 2.80. The van der Waals surface area contributed by atoms with Crippen molar-refractivity contribution in [3.05, 3.63) is 0 Å². The summed E-state index contributed by atoms with van der Waals surface area (Å²) in [6.45, 7) is 8.79. The second-order valence-corrected chi connectivity index (χ2v) is 5.73. The number of aliphatic hydroxyl groups is 1. The Morgan fingerprint density at radius 1 is 1.47 bits per heavy atom. The van der Waals surface area contributed by atoms with Gasteiger partial charge in [-0.2, -0.15) is 0 Å². The predicted octanol–water partition coefficient (Wildman–Crippen LogP) is 1.50. The van der Waals surface area contributed by atoms with Gasteiger partial charge in [-0.1, -0.05) is 0 Å². The van der Waals surface area contributed by atoms with Gasteiger partial charge in [0.2, 0.25) is 0 Å². The summed E-state index contributed by atoms with van der Waals surface area (Å²) >= 11 is 0. The maximum atomic E-state index is 9.82. The summed E-state index contributed by atoms with van der Waals surface area (Å²) in [5.74, 6) is 0.647. The zero-order valence-corrected chi connectivity index (χ0v) is 10.5. The molecule has 3 heteroatoms. The molecular weight excluding hydrogens is 190 g/mol. The van der Waals surface area contributed by atoms with Gasteiger partial charge in [0.1, 0.15) is 0 Å². The number of rotatable bonds is 4. The van der Waals surface area contributed by atoms with Crippen LogP contribution in [0.2, 0.25) is 0 Å². The number of hydrogen-bond donors (Lipinski definition) is 1. The molecule has 0 saturated carbocycles. The molecule has 0 aromatic carbocycles. The van der Waals surface area contributed by atoms with Crippen LogP contribution in [-0.2, 0) is 4.74 Å². The highest BCUT2D eigenvalue weighted by Crippen LogP contribution is 2.20. The molecule has 2 atom stereocenters. The number of nitrogens with zero attached hydrogens (tertiary/aromatic N) is 1. The molecule has 2 unspecified atom stereocenters. The standard InChI is InChI=1S/C12H25NO2/c1-12(2,3)15-9-11(14)7-10-5-6-13(4)8-10/h10-11,14H,5-9H2,1-4H3. The second kappa shape index (κ2) is 5.28. The van der Waals surface area contributed by atoms with E-state index < -0.39 is 0 Å². The minimum Gasteiger partial charge on any atom is -0.391 e. The van der Waals surface area contributed by atoms with E-state index in [4.69, 9.17) is 4.74 Å². The summed E-state index contributed by atoms with van der Waals surface area (Å²) < 4.78 is 5.56. The maximum absolute atomic E-state index is 9.82. The molecular formula is C12H25NO2. The van der Waals surface area contributed by atoms with Crippen LogP contribution in [0.3, 0.4) is 0 Å². The SMILES string of the molecule is CN1CCC(CC(O)COC(C)(C)C)C1. The maximum Gasteiger partial charge on any atom is 0.0777 e. The van der Waals surface area contributed by atoms with Crippen LogP contribution in [0.5, 0.6) is 0 Å². The van der Waals surface area contributed by atoms with E-state index >= 15 is 0 Å². The lowest BCUT2D eigenvalue weighted by Crippen LogP contribution is -2.28. The summed E-state index contributed by atoms with van der Waals surface area (Å²) in [5.41, 5.74) is -0.145. The van der Waals surface area contributed by atoms with E-state index in [0.717, 1.165) is 19.5 Å². The highest BCUT2D eigenvalue weighted by Gasteiger charge is 2.23. The van der Waals surface area contributed by atoms with Gasteiger partial charge in [-0.15, -0.1) is 0 Å². The van der Waals surface area contributed by atoms with Crippen LogP contribution in [-0.4, -0.2) is 48.5 Å². The van der Waals surface area contributed by atoms with Gasteiger partial charge in [-0.3, -0.25) is 0 Å². The van der Waals surface area contributed by atoms with Crippen molar-refractivity contribution in [3.8, 4) is 0 Å². The molecule has 0 amide bonds. The second-order valence-electron chi connectivity index (χ2n) is 5.73. The molecule has 1 N–H and O–H groups in total. The average Bonchev–Trinajstić information content (AvgIpc) is 2.47. The molecule has 0 aromatic rings. The van der Waals surface area contributed by atoms with Crippen LogP contribution in [0, 0.1) is 5.92 Å². The quantitative estimate of drug-likeness (QED) is 0.771. The van der Waals surface area contributed by atoms with Crippen LogP contribution < -0.4 is 0 Å². The van der Waals surface area contributed by atoms with Gasteiger partial charge in [0.15, 0.2) is 0 Å². The molecule has 0 radical (unpaired) electrons. The first-order valence-corrected chi connectivity index (χ1v) is 5.87. The van der Waals surface area contributed by atoms with Gasteiger partial charge in [-0.05, 0) is 53.1 Å². The summed E-state index contributed by atoms with van der Waals surface area (Å²) in [6.07, 6.45) is 1.78. The summed E-state index contributed by atoms with van der Waals surface area (Å²) in [5, 5.41) is 9.82. The third-order valence-electron chi connectivity index (χ3n) is 2.80. The Morgan fingerprint density at radius 3 is 2.60 bits per heavy atom. The number of likely N-dealkylation sites (tertiary alicyclic amines) is 1. The van der Waals surface area contributed by atoms with Crippen molar-refractivity contribution in [2.75, 3.05) is 26.7 Å². The highest BCUT2D eigenvalue weighted by atomic mass is 16.5. The van der Waals surface area contributed by atoms with E-state index in [1.165, 1.54) is 6.42 Å². The topological polar surface area (TPSA) is 32.7 Å². The van der Waals surface area contributed by atoms with Crippen LogP contribution in [0.15, 0.2) is 0 Å². The Bertz CT molecular complexity index is 189. The van der Waals surface area contributed by atoms with Crippen molar-refractivity contribution in [2.45, 2.75) is 45.3 Å². The van der Waals surface area contributed by atoms with Gasteiger partial charge in [0, 0.05) is 6.54 Å². The van der Waals surface area contributed by atoms with Gasteiger partial charge < -0.3 is 14.7 Å². The zero-order chi connectivity index (χ0) is 11.5. The fourth-order valence-corrected chi connectivity index (χ4v) is 2.02. The minimum absolute atomic E-state index is 0.145. The van der Waals surface area contributed by atoms with E-state index in [0.29, 0.717) is 12.5 Å². The summed E-state index contributed by atoms with van der Waals surface area (Å²) in [4.78, 5) is 2.32.